The minimum absolute atomic E-state index is 0.0492. The van der Waals surface area contributed by atoms with E-state index in [0.29, 0.717) is 44.9 Å². The molecule has 1 aliphatic rings. The highest BCUT2D eigenvalue weighted by Crippen LogP contribution is 2.39. The Balaban J connectivity index is 1.24. The summed E-state index contributed by atoms with van der Waals surface area (Å²) in [5.74, 6) is -0.279. The van der Waals surface area contributed by atoms with Crippen LogP contribution in [0.3, 0.4) is 0 Å². The van der Waals surface area contributed by atoms with E-state index in [9.17, 15) is 24.7 Å². The highest BCUT2D eigenvalue weighted by molar-refractivity contribution is 6.31. The Morgan fingerprint density at radius 2 is 1.70 bits per heavy atom. The molecule has 4 N–H and O–H groups in total. The summed E-state index contributed by atoms with van der Waals surface area (Å²) in [5, 5.41) is 31.2. The largest absolute Gasteiger partial charge is 0.507 e. The molecule has 4 aromatic rings. The summed E-state index contributed by atoms with van der Waals surface area (Å²) in [6.45, 7) is 3.74. The van der Waals surface area contributed by atoms with Gasteiger partial charge >= 0.3 is 12.1 Å². The first-order chi connectivity index (χ1) is 22.5. The van der Waals surface area contributed by atoms with Crippen molar-refractivity contribution in [2.45, 2.75) is 44.8 Å². The van der Waals surface area contributed by atoms with E-state index in [2.05, 4.69) is 15.8 Å². The number of urea groups is 2. The number of hydrazone groups is 1. The van der Waals surface area contributed by atoms with Gasteiger partial charge in [-0.1, -0.05) is 65.7 Å². The van der Waals surface area contributed by atoms with Gasteiger partial charge in [-0.2, -0.15) is 10.2 Å². The van der Waals surface area contributed by atoms with Gasteiger partial charge in [0.25, 0.3) is 0 Å². The summed E-state index contributed by atoms with van der Waals surface area (Å²) in [6.07, 6.45) is 1.29. The zero-order valence-corrected chi connectivity index (χ0v) is 27.2. The molecule has 0 bridgehead atoms. The van der Waals surface area contributed by atoms with Gasteiger partial charge in [0.15, 0.2) is 6.17 Å². The number of hydrogen-bond acceptors (Lipinski definition) is 6. The molecule has 1 atom stereocenters. The third kappa shape index (κ3) is 7.43. The Bertz CT molecular complexity index is 1830. The Morgan fingerprint density at radius 1 is 0.979 bits per heavy atom. The molecule has 0 aromatic heterocycles. The third-order valence-corrected chi connectivity index (χ3v) is 8.45. The molecule has 1 aliphatic heterocycles. The summed E-state index contributed by atoms with van der Waals surface area (Å²) in [7, 11) is 0. The number of phenolic OH excluding ortho intramolecular Hbond substituents is 1. The molecule has 11 nitrogen and oxygen atoms in total. The highest BCUT2D eigenvalue weighted by atomic mass is 35.5. The lowest BCUT2D eigenvalue weighted by atomic mass is 9.99. The van der Waals surface area contributed by atoms with E-state index < -0.39 is 23.8 Å². The number of amides is 5. The SMILES string of the molecule is CC1(C)C(N(O)C(=O)Nc2cccc(Cl)c2)N(c2cccc(Cl)c2)C(=O)N1CCCCC(=O)NN=Cc1c(O)ccc2ccccc12. The first kappa shape index (κ1) is 33.5. The quantitative estimate of drug-likeness (QED) is 0.0598. The Labute approximate surface area is 281 Å². The fourth-order valence-corrected chi connectivity index (χ4v) is 6.04. The van der Waals surface area contributed by atoms with Crippen LogP contribution in [0.15, 0.2) is 90.0 Å². The number of nitrogens with zero attached hydrogens (tertiary/aromatic N) is 4. The summed E-state index contributed by atoms with van der Waals surface area (Å²) in [5.41, 5.74) is 2.68. The number of phenols is 1. The van der Waals surface area contributed by atoms with Crippen molar-refractivity contribution in [3.63, 3.8) is 0 Å². The number of benzene rings is 4. The number of hydrogen-bond donors (Lipinski definition) is 4. The number of hydroxylamine groups is 2. The van der Waals surface area contributed by atoms with Crippen LogP contribution in [0.4, 0.5) is 21.0 Å². The normalized spacial score (nSPS) is 15.8. The second kappa shape index (κ2) is 14.3. The van der Waals surface area contributed by atoms with E-state index in [1.807, 2.05) is 24.3 Å². The predicted octanol–water partition coefficient (Wildman–Crippen LogP) is 7.44. The average molecular weight is 678 g/mol. The summed E-state index contributed by atoms with van der Waals surface area (Å²) in [6, 6.07) is 22.7. The zero-order chi connectivity index (χ0) is 33.7. The molecule has 0 spiro atoms. The number of carbonyl (C=O) groups excluding carboxylic acids is 3. The van der Waals surface area contributed by atoms with Crippen LogP contribution in [-0.4, -0.2) is 62.7 Å². The number of aromatic hydroxyl groups is 1. The van der Waals surface area contributed by atoms with Crippen molar-refractivity contribution in [3.05, 3.63) is 101 Å². The summed E-state index contributed by atoms with van der Waals surface area (Å²) >= 11 is 12.3. The number of fused-ring (bicyclic) bond motifs is 1. The van der Waals surface area contributed by atoms with Crippen molar-refractivity contribution in [2.75, 3.05) is 16.8 Å². The van der Waals surface area contributed by atoms with Gasteiger partial charge in [-0.25, -0.2) is 15.0 Å². The van der Waals surface area contributed by atoms with Crippen LogP contribution in [0.25, 0.3) is 10.8 Å². The average Bonchev–Trinajstić information content (AvgIpc) is 3.23. The van der Waals surface area contributed by atoms with Crippen molar-refractivity contribution in [1.29, 1.82) is 0 Å². The maximum Gasteiger partial charge on any atom is 0.347 e. The Hall–Kier alpha value is -4.84. The number of carbonyl (C=O) groups is 3. The van der Waals surface area contributed by atoms with Gasteiger partial charge in [0, 0.05) is 39.9 Å². The van der Waals surface area contributed by atoms with Crippen molar-refractivity contribution in [3.8, 4) is 5.75 Å². The summed E-state index contributed by atoms with van der Waals surface area (Å²) < 4.78 is 0. The molecule has 0 saturated carbocycles. The lowest BCUT2D eigenvalue weighted by Gasteiger charge is -2.38. The minimum Gasteiger partial charge on any atom is -0.507 e. The van der Waals surface area contributed by atoms with E-state index in [-0.39, 0.29) is 24.6 Å². The fraction of sp³-hybridized carbons (Fsp3) is 0.235. The molecule has 1 heterocycles. The van der Waals surface area contributed by atoms with Crippen molar-refractivity contribution in [2.24, 2.45) is 5.10 Å². The Kier molecular flexibility index (Phi) is 10.2. The lowest BCUT2D eigenvalue weighted by Crippen LogP contribution is -2.58. The van der Waals surface area contributed by atoms with Crippen molar-refractivity contribution < 1.29 is 24.7 Å². The van der Waals surface area contributed by atoms with Gasteiger partial charge in [0.1, 0.15) is 5.75 Å². The van der Waals surface area contributed by atoms with E-state index in [1.54, 1.807) is 73.3 Å². The number of unbranched alkanes of at least 4 members (excludes halogenated alkanes) is 1. The van der Waals surface area contributed by atoms with Crippen molar-refractivity contribution >= 4 is 69.5 Å². The topological polar surface area (TPSA) is 138 Å². The first-order valence-electron chi connectivity index (χ1n) is 14.9. The van der Waals surface area contributed by atoms with Crippen LogP contribution in [0.1, 0.15) is 38.7 Å². The van der Waals surface area contributed by atoms with Crippen LogP contribution < -0.4 is 15.6 Å². The van der Waals surface area contributed by atoms with E-state index in [4.69, 9.17) is 23.2 Å². The molecule has 0 aliphatic carbocycles. The molecule has 5 amide bonds. The number of anilines is 2. The van der Waals surface area contributed by atoms with Crippen LogP contribution in [-0.2, 0) is 4.79 Å². The number of halogens is 2. The molecule has 13 heteroatoms. The molecule has 5 rings (SSSR count). The molecule has 4 aromatic carbocycles. The molecular formula is C34H34Cl2N6O5. The third-order valence-electron chi connectivity index (χ3n) is 7.98. The molecule has 1 fully saturated rings. The van der Waals surface area contributed by atoms with E-state index >= 15 is 0 Å². The van der Waals surface area contributed by atoms with Gasteiger partial charge < -0.3 is 15.3 Å². The van der Waals surface area contributed by atoms with Crippen molar-refractivity contribution in [1.82, 2.24) is 15.4 Å². The smallest absolute Gasteiger partial charge is 0.347 e. The Morgan fingerprint density at radius 3 is 2.45 bits per heavy atom. The van der Waals surface area contributed by atoms with Gasteiger partial charge in [0.05, 0.1) is 11.8 Å². The van der Waals surface area contributed by atoms with E-state index in [0.717, 1.165) is 10.8 Å². The predicted molar refractivity (Wildman–Crippen MR) is 183 cm³/mol. The molecule has 1 unspecified atom stereocenters. The molecule has 0 radical (unpaired) electrons. The highest BCUT2D eigenvalue weighted by Gasteiger charge is 2.55. The van der Waals surface area contributed by atoms with Gasteiger partial charge in [-0.3, -0.25) is 14.9 Å². The lowest BCUT2D eigenvalue weighted by molar-refractivity contribution is -0.121. The number of rotatable bonds is 10. The monoisotopic (exact) mass is 676 g/mol. The zero-order valence-electron chi connectivity index (χ0n) is 25.7. The van der Waals surface area contributed by atoms with E-state index in [1.165, 1.54) is 17.2 Å². The van der Waals surface area contributed by atoms with Crippen LogP contribution in [0.5, 0.6) is 5.75 Å². The molecule has 244 valence electrons. The van der Waals surface area contributed by atoms with Crippen LogP contribution >= 0.6 is 23.2 Å². The molecular weight excluding hydrogens is 643 g/mol. The molecule has 47 heavy (non-hydrogen) atoms. The molecule has 1 saturated heterocycles. The number of nitrogens with one attached hydrogen (secondary N) is 2. The van der Waals surface area contributed by atoms with Gasteiger partial charge in [0.2, 0.25) is 5.91 Å². The van der Waals surface area contributed by atoms with Crippen LogP contribution in [0, 0.1) is 0 Å². The second-order valence-electron chi connectivity index (χ2n) is 11.6. The fourth-order valence-electron chi connectivity index (χ4n) is 5.66. The maximum atomic E-state index is 13.9. The standard InChI is InChI=1S/C34H34Cl2N6O5/c1-34(2)31(42(47)32(45)38-25-12-7-10-23(35)19-25)41(26-13-8-11-24(36)20-26)33(46)40(34)18-6-5-15-30(44)39-37-21-28-27-14-4-3-9-22(27)16-17-29(28)43/h3-4,7-14,16-17,19-21,31,43,47H,5-6,15,18H2,1-2H3,(H,38,45)(H,39,44). The van der Waals surface area contributed by atoms with Gasteiger partial charge in [-0.15, -0.1) is 0 Å². The minimum atomic E-state index is -1.14. The summed E-state index contributed by atoms with van der Waals surface area (Å²) in [4.78, 5) is 42.6. The van der Waals surface area contributed by atoms with Crippen LogP contribution in [0.2, 0.25) is 10.0 Å². The maximum absolute atomic E-state index is 13.9. The first-order valence-corrected chi connectivity index (χ1v) is 15.7. The second-order valence-corrected chi connectivity index (χ2v) is 12.4. The van der Waals surface area contributed by atoms with Gasteiger partial charge in [-0.05, 0) is 79.9 Å².